The molecule has 108 valence electrons. The van der Waals surface area contributed by atoms with Gasteiger partial charge in [0.05, 0.1) is 6.42 Å². The molecule has 1 aliphatic heterocycles. The van der Waals surface area contributed by atoms with Gasteiger partial charge in [0.25, 0.3) is 0 Å². The van der Waals surface area contributed by atoms with Crippen LogP contribution in [0.2, 0.25) is 0 Å². The lowest BCUT2D eigenvalue weighted by atomic mass is 9.92. The van der Waals surface area contributed by atoms with Gasteiger partial charge in [-0.05, 0) is 42.4 Å². The molecule has 3 rings (SSSR count). The van der Waals surface area contributed by atoms with E-state index in [2.05, 4.69) is 23.1 Å². The van der Waals surface area contributed by atoms with Gasteiger partial charge in [-0.1, -0.05) is 31.9 Å². The van der Waals surface area contributed by atoms with Gasteiger partial charge in [0.15, 0.2) is 0 Å². The van der Waals surface area contributed by atoms with Crippen LogP contribution >= 0.6 is 0 Å². The summed E-state index contributed by atoms with van der Waals surface area (Å²) in [5.41, 5.74) is 4.00. The number of anilines is 1. The first kappa shape index (κ1) is 13.5. The molecule has 1 aliphatic carbocycles. The Kier molecular flexibility index (Phi) is 3.68. The third-order valence-corrected chi connectivity index (χ3v) is 4.88. The Morgan fingerprint density at radius 2 is 2.15 bits per heavy atom. The van der Waals surface area contributed by atoms with Crippen LogP contribution in [0.4, 0.5) is 5.69 Å². The maximum atomic E-state index is 10.9. The number of hydrogen-bond acceptors (Lipinski definition) is 2. The summed E-state index contributed by atoms with van der Waals surface area (Å²) in [5.74, 6) is -0.605. The second-order valence-electron chi connectivity index (χ2n) is 6.23. The quantitative estimate of drug-likeness (QED) is 0.911. The highest BCUT2D eigenvalue weighted by molar-refractivity contribution is 5.69. The first-order valence-corrected chi connectivity index (χ1v) is 7.77. The Balaban J connectivity index is 1.87. The third-order valence-electron chi connectivity index (χ3n) is 4.88. The van der Waals surface area contributed by atoms with Gasteiger partial charge in [0.2, 0.25) is 0 Å². The average molecular weight is 273 g/mol. The number of carboxylic acids is 1. The van der Waals surface area contributed by atoms with E-state index in [9.17, 15) is 4.79 Å². The number of carbonyl (C=O) groups is 1. The van der Waals surface area contributed by atoms with Crippen molar-refractivity contribution in [1.29, 1.82) is 0 Å². The zero-order valence-electron chi connectivity index (χ0n) is 12.1. The number of rotatable bonds is 4. The summed E-state index contributed by atoms with van der Waals surface area (Å²) < 4.78 is 0. The number of carboxylic acid groups (broad SMARTS) is 1. The van der Waals surface area contributed by atoms with Crippen molar-refractivity contribution in [3.8, 4) is 0 Å². The van der Waals surface area contributed by atoms with Crippen molar-refractivity contribution >= 4 is 11.7 Å². The first-order valence-electron chi connectivity index (χ1n) is 7.77. The number of aliphatic carboxylic acids is 1. The van der Waals surface area contributed by atoms with Crippen molar-refractivity contribution in [2.75, 3.05) is 11.4 Å². The predicted octanol–water partition coefficient (Wildman–Crippen LogP) is 3.57. The van der Waals surface area contributed by atoms with Crippen LogP contribution in [-0.4, -0.2) is 23.7 Å². The molecular weight excluding hydrogens is 250 g/mol. The van der Waals surface area contributed by atoms with Crippen molar-refractivity contribution in [2.24, 2.45) is 0 Å². The monoisotopic (exact) mass is 273 g/mol. The summed E-state index contributed by atoms with van der Waals surface area (Å²) in [4.78, 5) is 13.5. The minimum Gasteiger partial charge on any atom is -0.481 e. The molecule has 0 aromatic heterocycles. The summed E-state index contributed by atoms with van der Waals surface area (Å²) >= 11 is 0. The van der Waals surface area contributed by atoms with Crippen LogP contribution in [0.25, 0.3) is 0 Å². The number of nitrogens with zero attached hydrogens (tertiary/aromatic N) is 1. The van der Waals surface area contributed by atoms with E-state index in [1.807, 2.05) is 6.92 Å². The molecule has 0 radical (unpaired) electrons. The van der Waals surface area contributed by atoms with Gasteiger partial charge in [-0.15, -0.1) is 0 Å². The fraction of sp³-hybridized carbons (Fsp3) is 0.588. The number of benzene rings is 1. The Morgan fingerprint density at radius 1 is 1.40 bits per heavy atom. The SMILES string of the molecule is CC(CC(=O)O)c1cccc2c1CCN2C1CCCC1. The standard InChI is InChI=1S/C17H23NO2/c1-12(11-17(19)20)14-7-4-8-16-15(14)9-10-18(16)13-5-2-3-6-13/h4,7-8,12-13H,2-3,5-6,9-11H2,1H3,(H,19,20). The van der Waals surface area contributed by atoms with Gasteiger partial charge in [-0.3, -0.25) is 4.79 Å². The Hall–Kier alpha value is -1.51. The predicted molar refractivity (Wildman–Crippen MR) is 80.4 cm³/mol. The summed E-state index contributed by atoms with van der Waals surface area (Å²) in [5, 5.41) is 9.01. The molecule has 0 bridgehead atoms. The maximum Gasteiger partial charge on any atom is 0.303 e. The highest BCUT2D eigenvalue weighted by Gasteiger charge is 2.30. The van der Waals surface area contributed by atoms with Gasteiger partial charge in [-0.2, -0.15) is 0 Å². The van der Waals surface area contributed by atoms with Crippen molar-refractivity contribution in [3.05, 3.63) is 29.3 Å². The maximum absolute atomic E-state index is 10.9. The molecule has 1 N–H and O–H groups in total. The topological polar surface area (TPSA) is 40.5 Å². The molecule has 0 spiro atoms. The van der Waals surface area contributed by atoms with E-state index in [0.717, 1.165) is 13.0 Å². The van der Waals surface area contributed by atoms with Gasteiger partial charge in [0, 0.05) is 18.3 Å². The number of hydrogen-bond donors (Lipinski definition) is 1. The molecule has 1 heterocycles. The molecule has 1 saturated carbocycles. The minimum atomic E-state index is -0.708. The van der Waals surface area contributed by atoms with E-state index in [-0.39, 0.29) is 12.3 Å². The molecule has 1 aromatic rings. The third kappa shape index (κ3) is 2.41. The minimum absolute atomic E-state index is 0.103. The molecule has 3 nitrogen and oxygen atoms in total. The molecule has 0 saturated heterocycles. The zero-order valence-corrected chi connectivity index (χ0v) is 12.1. The molecule has 1 unspecified atom stereocenters. The van der Waals surface area contributed by atoms with E-state index in [1.54, 1.807) is 0 Å². The van der Waals surface area contributed by atoms with Crippen LogP contribution in [-0.2, 0) is 11.2 Å². The molecule has 1 fully saturated rings. The second kappa shape index (κ2) is 5.47. The van der Waals surface area contributed by atoms with Gasteiger partial charge in [-0.25, -0.2) is 0 Å². The summed E-state index contributed by atoms with van der Waals surface area (Å²) in [6, 6.07) is 7.14. The lowest BCUT2D eigenvalue weighted by Gasteiger charge is -2.27. The molecule has 0 amide bonds. The Morgan fingerprint density at radius 3 is 2.85 bits per heavy atom. The summed E-state index contributed by atoms with van der Waals surface area (Å²) in [6.07, 6.45) is 6.63. The fourth-order valence-corrected chi connectivity index (χ4v) is 3.91. The Bertz CT molecular complexity index is 506. The van der Waals surface area contributed by atoms with Gasteiger partial charge in [0.1, 0.15) is 0 Å². The Labute approximate surface area is 120 Å². The average Bonchev–Trinajstić information content (AvgIpc) is 3.05. The van der Waals surface area contributed by atoms with Crippen molar-refractivity contribution in [3.63, 3.8) is 0 Å². The van der Waals surface area contributed by atoms with Crippen LogP contribution in [0, 0.1) is 0 Å². The first-order chi connectivity index (χ1) is 9.66. The lowest BCUT2D eigenvalue weighted by Crippen LogP contribution is -2.31. The molecule has 1 atom stereocenters. The van der Waals surface area contributed by atoms with Crippen molar-refractivity contribution in [1.82, 2.24) is 0 Å². The largest absolute Gasteiger partial charge is 0.481 e. The van der Waals surface area contributed by atoms with E-state index in [4.69, 9.17) is 5.11 Å². The zero-order chi connectivity index (χ0) is 14.1. The molecular formula is C17H23NO2. The van der Waals surface area contributed by atoms with Crippen LogP contribution in [0.3, 0.4) is 0 Å². The molecule has 2 aliphatic rings. The van der Waals surface area contributed by atoms with Crippen LogP contribution < -0.4 is 4.90 Å². The highest BCUT2D eigenvalue weighted by Crippen LogP contribution is 2.39. The van der Waals surface area contributed by atoms with E-state index >= 15 is 0 Å². The summed E-state index contributed by atoms with van der Waals surface area (Å²) in [6.45, 7) is 3.14. The molecule has 1 aromatic carbocycles. The van der Waals surface area contributed by atoms with Crippen LogP contribution in [0.1, 0.15) is 56.1 Å². The normalized spacial score (nSPS) is 20.1. The second-order valence-corrected chi connectivity index (χ2v) is 6.23. The lowest BCUT2D eigenvalue weighted by molar-refractivity contribution is -0.137. The van der Waals surface area contributed by atoms with Crippen LogP contribution in [0.5, 0.6) is 0 Å². The molecule has 20 heavy (non-hydrogen) atoms. The van der Waals surface area contributed by atoms with Gasteiger partial charge < -0.3 is 10.0 Å². The fourth-order valence-electron chi connectivity index (χ4n) is 3.91. The van der Waals surface area contributed by atoms with E-state index in [0.29, 0.717) is 6.04 Å². The van der Waals surface area contributed by atoms with E-state index in [1.165, 1.54) is 42.5 Å². The molecule has 3 heteroatoms. The smallest absolute Gasteiger partial charge is 0.303 e. The van der Waals surface area contributed by atoms with E-state index < -0.39 is 5.97 Å². The van der Waals surface area contributed by atoms with Crippen molar-refractivity contribution < 1.29 is 9.90 Å². The van der Waals surface area contributed by atoms with Crippen molar-refractivity contribution in [2.45, 2.75) is 57.4 Å². The van der Waals surface area contributed by atoms with Crippen LogP contribution in [0.15, 0.2) is 18.2 Å². The summed E-state index contributed by atoms with van der Waals surface area (Å²) in [7, 11) is 0. The highest BCUT2D eigenvalue weighted by atomic mass is 16.4. The number of fused-ring (bicyclic) bond motifs is 1. The van der Waals surface area contributed by atoms with Gasteiger partial charge >= 0.3 is 5.97 Å².